The van der Waals surface area contributed by atoms with Crippen LogP contribution in [-0.2, 0) is 4.79 Å². The number of nitrogens with two attached hydrogens (primary N) is 1. The molecule has 0 saturated carbocycles. The number of nitrogens with one attached hydrogen (secondary N) is 1. The van der Waals surface area contributed by atoms with Gasteiger partial charge in [0.25, 0.3) is 0 Å². The van der Waals surface area contributed by atoms with Gasteiger partial charge in [0.1, 0.15) is 5.82 Å². The van der Waals surface area contributed by atoms with Crippen LogP contribution in [0.4, 0.5) is 14.5 Å². The molecule has 6 heteroatoms. The van der Waals surface area contributed by atoms with Crippen LogP contribution in [0.2, 0.25) is 0 Å². The minimum absolute atomic E-state index is 0.0380. The first kappa shape index (κ1) is 14.1. The second kappa shape index (κ2) is 5.10. The lowest BCUT2D eigenvalue weighted by Crippen LogP contribution is -2.36. The largest absolute Gasteiger partial charge is 0.325 e. The molecule has 1 aromatic rings. The molecule has 3 N–H and O–H groups in total. The molecule has 0 aliphatic rings. The zero-order chi connectivity index (χ0) is 13.2. The van der Waals surface area contributed by atoms with E-state index in [0.717, 1.165) is 6.07 Å². The van der Waals surface area contributed by atoms with Gasteiger partial charge in [-0.05, 0) is 35.8 Å². The monoisotopic (exact) mass is 306 g/mol. The zero-order valence-corrected chi connectivity index (χ0v) is 11.1. The summed E-state index contributed by atoms with van der Waals surface area (Å²) >= 11 is 2.98. The summed E-state index contributed by atoms with van der Waals surface area (Å²) in [6, 6.07) is 1.78. The molecule has 0 saturated heterocycles. The van der Waals surface area contributed by atoms with Gasteiger partial charge >= 0.3 is 0 Å². The molecule has 1 rings (SSSR count). The van der Waals surface area contributed by atoms with E-state index in [-0.39, 0.29) is 16.6 Å². The van der Waals surface area contributed by atoms with Crippen LogP contribution >= 0.6 is 15.9 Å². The lowest BCUT2D eigenvalue weighted by atomic mass is 10.0. The van der Waals surface area contributed by atoms with Gasteiger partial charge in [-0.25, -0.2) is 8.78 Å². The normalized spacial score (nSPS) is 11.4. The molecule has 0 bridgehead atoms. The lowest BCUT2D eigenvalue weighted by Gasteiger charge is -2.18. The number of carbonyl (C=O) groups excluding carboxylic acids is 1. The molecule has 0 atom stereocenters. The summed E-state index contributed by atoms with van der Waals surface area (Å²) in [6.07, 6.45) is 0.0380. The molecule has 1 aromatic carbocycles. The van der Waals surface area contributed by atoms with E-state index in [2.05, 4.69) is 21.2 Å². The molecule has 1 amide bonds. The van der Waals surface area contributed by atoms with Crippen LogP contribution in [0.3, 0.4) is 0 Å². The van der Waals surface area contributed by atoms with E-state index < -0.39 is 23.1 Å². The molecule has 0 aliphatic heterocycles. The van der Waals surface area contributed by atoms with Crippen molar-refractivity contribution in [1.82, 2.24) is 0 Å². The van der Waals surface area contributed by atoms with E-state index in [9.17, 15) is 13.6 Å². The van der Waals surface area contributed by atoms with E-state index >= 15 is 0 Å². The van der Waals surface area contributed by atoms with E-state index in [1.165, 1.54) is 0 Å². The van der Waals surface area contributed by atoms with E-state index in [1.54, 1.807) is 13.8 Å². The molecule has 17 heavy (non-hydrogen) atoms. The maximum Gasteiger partial charge on any atom is 0.226 e. The van der Waals surface area contributed by atoms with E-state index in [4.69, 9.17) is 5.73 Å². The van der Waals surface area contributed by atoms with Crippen molar-refractivity contribution in [1.29, 1.82) is 0 Å². The topological polar surface area (TPSA) is 55.1 Å². The van der Waals surface area contributed by atoms with Gasteiger partial charge in [0.15, 0.2) is 5.82 Å². The van der Waals surface area contributed by atoms with Crippen LogP contribution in [0.25, 0.3) is 0 Å². The van der Waals surface area contributed by atoms with Crippen molar-refractivity contribution in [3.63, 3.8) is 0 Å². The second-order valence-electron chi connectivity index (χ2n) is 4.46. The molecule has 0 spiro atoms. The standard InChI is InChI=1S/C11H13BrF2N2O/c1-11(2,15)5-9(17)16-10-7(12)3-6(13)4-8(10)14/h3-4H,5,15H2,1-2H3,(H,16,17). The zero-order valence-electron chi connectivity index (χ0n) is 9.48. The van der Waals surface area contributed by atoms with Crippen LogP contribution < -0.4 is 11.1 Å². The number of hydrogen-bond acceptors (Lipinski definition) is 2. The summed E-state index contributed by atoms with van der Waals surface area (Å²) in [4.78, 5) is 11.5. The smallest absolute Gasteiger partial charge is 0.226 e. The molecule has 3 nitrogen and oxygen atoms in total. The second-order valence-corrected chi connectivity index (χ2v) is 5.31. The summed E-state index contributed by atoms with van der Waals surface area (Å²) in [5.41, 5.74) is 4.89. The number of anilines is 1. The summed E-state index contributed by atoms with van der Waals surface area (Å²) in [6.45, 7) is 3.37. The highest BCUT2D eigenvalue weighted by Crippen LogP contribution is 2.27. The Morgan fingerprint density at radius 3 is 2.53 bits per heavy atom. The quantitative estimate of drug-likeness (QED) is 0.902. The Morgan fingerprint density at radius 2 is 2.06 bits per heavy atom. The summed E-state index contributed by atoms with van der Waals surface area (Å²) < 4.78 is 26.4. The first-order valence-corrected chi connectivity index (χ1v) is 5.71. The van der Waals surface area contributed by atoms with Crippen LogP contribution in [-0.4, -0.2) is 11.4 Å². The highest BCUT2D eigenvalue weighted by Gasteiger charge is 2.19. The van der Waals surface area contributed by atoms with Gasteiger partial charge in [-0.3, -0.25) is 4.79 Å². The molecular formula is C11H13BrF2N2O. The van der Waals surface area contributed by atoms with Gasteiger partial charge in [-0.1, -0.05) is 0 Å². The maximum atomic E-state index is 13.4. The highest BCUT2D eigenvalue weighted by atomic mass is 79.9. The average molecular weight is 307 g/mol. The Morgan fingerprint density at radius 1 is 1.47 bits per heavy atom. The van der Waals surface area contributed by atoms with Crippen LogP contribution in [0.1, 0.15) is 20.3 Å². The summed E-state index contributed by atoms with van der Waals surface area (Å²) in [5.74, 6) is -1.98. The van der Waals surface area contributed by atoms with Gasteiger partial charge in [0.05, 0.1) is 5.69 Å². The third-order valence-corrected chi connectivity index (χ3v) is 2.51. The number of halogens is 3. The van der Waals surface area contributed by atoms with E-state index in [1.807, 2.05) is 0 Å². The average Bonchev–Trinajstić information content (AvgIpc) is 2.08. The summed E-state index contributed by atoms with van der Waals surface area (Å²) in [7, 11) is 0. The molecule has 0 radical (unpaired) electrons. The Labute approximate surface area is 107 Å². The first-order chi connectivity index (χ1) is 7.69. The Kier molecular flexibility index (Phi) is 4.21. The SMILES string of the molecule is CC(C)(N)CC(=O)Nc1c(F)cc(F)cc1Br. The fourth-order valence-electron chi connectivity index (χ4n) is 1.26. The van der Waals surface area contributed by atoms with Crippen molar-refractivity contribution >= 4 is 27.5 Å². The van der Waals surface area contributed by atoms with Gasteiger partial charge in [-0.2, -0.15) is 0 Å². The molecule has 0 aromatic heterocycles. The predicted octanol–water partition coefficient (Wildman–Crippen LogP) is 2.79. The fourth-order valence-corrected chi connectivity index (χ4v) is 1.77. The van der Waals surface area contributed by atoms with Crippen molar-refractivity contribution in [3.05, 3.63) is 28.2 Å². The van der Waals surface area contributed by atoms with Crippen LogP contribution in [0, 0.1) is 11.6 Å². The molecule has 0 aliphatic carbocycles. The number of amides is 1. The minimum atomic E-state index is -0.833. The highest BCUT2D eigenvalue weighted by molar-refractivity contribution is 9.10. The summed E-state index contributed by atoms with van der Waals surface area (Å²) in [5, 5.41) is 2.35. The number of hydrogen-bond donors (Lipinski definition) is 2. The predicted molar refractivity (Wildman–Crippen MR) is 65.6 cm³/mol. The number of benzene rings is 1. The van der Waals surface area contributed by atoms with Crippen molar-refractivity contribution in [2.45, 2.75) is 25.8 Å². The minimum Gasteiger partial charge on any atom is -0.325 e. The van der Waals surface area contributed by atoms with Gasteiger partial charge in [-0.15, -0.1) is 0 Å². The van der Waals surface area contributed by atoms with E-state index in [0.29, 0.717) is 6.07 Å². The third-order valence-electron chi connectivity index (χ3n) is 1.89. The number of rotatable bonds is 3. The number of carbonyl (C=O) groups is 1. The first-order valence-electron chi connectivity index (χ1n) is 4.92. The molecular weight excluding hydrogens is 294 g/mol. The molecule has 0 fully saturated rings. The molecule has 94 valence electrons. The van der Waals surface area contributed by atoms with Gasteiger partial charge < -0.3 is 11.1 Å². The molecule has 0 unspecified atom stereocenters. The Balaban J connectivity index is 2.86. The van der Waals surface area contributed by atoms with Gasteiger partial charge in [0, 0.05) is 22.5 Å². The van der Waals surface area contributed by atoms with Crippen LogP contribution in [0.15, 0.2) is 16.6 Å². The van der Waals surface area contributed by atoms with Gasteiger partial charge in [0.2, 0.25) is 5.91 Å². The Bertz CT molecular complexity index is 421. The third kappa shape index (κ3) is 4.40. The fraction of sp³-hybridized carbons (Fsp3) is 0.364. The van der Waals surface area contributed by atoms with Crippen molar-refractivity contribution in [2.75, 3.05) is 5.32 Å². The van der Waals surface area contributed by atoms with Crippen molar-refractivity contribution < 1.29 is 13.6 Å². The lowest BCUT2D eigenvalue weighted by molar-refractivity contribution is -0.117. The van der Waals surface area contributed by atoms with Crippen molar-refractivity contribution in [2.24, 2.45) is 5.73 Å². The van der Waals surface area contributed by atoms with Crippen LogP contribution in [0.5, 0.6) is 0 Å². The Hall–Kier alpha value is -1.01. The van der Waals surface area contributed by atoms with Crippen molar-refractivity contribution in [3.8, 4) is 0 Å². The molecule has 0 heterocycles. The maximum absolute atomic E-state index is 13.4.